The number of allylic oxidation sites excluding steroid dienone is 3. The normalized spacial score (nSPS) is 11.9. The number of aromatic nitrogens is 1. The minimum atomic E-state index is -0.359. The lowest BCUT2D eigenvalue weighted by Crippen LogP contribution is -2.08. The number of carbonyl (C=O) groups excluding carboxylic acids is 1. The van der Waals surface area contributed by atoms with Gasteiger partial charge in [0.15, 0.2) is 0 Å². The highest BCUT2D eigenvalue weighted by Gasteiger charge is 2.12. The van der Waals surface area contributed by atoms with Crippen LogP contribution in [0.15, 0.2) is 68.0 Å². The van der Waals surface area contributed by atoms with Gasteiger partial charge in [-0.15, -0.1) is 13.2 Å². The van der Waals surface area contributed by atoms with Gasteiger partial charge in [-0.3, -0.25) is 4.98 Å². The molecule has 1 aliphatic heterocycles. The number of aryl methyl sites for hydroxylation is 1. The zero-order valence-electron chi connectivity index (χ0n) is 18.5. The molecule has 3 rings (SSSR count). The molecule has 0 radical (unpaired) electrons. The monoisotopic (exact) mass is 408 g/mol. The molecule has 0 saturated heterocycles. The summed E-state index contributed by atoms with van der Waals surface area (Å²) in [5.74, 6) is 0.686. The third kappa shape index (κ3) is 6.62. The van der Waals surface area contributed by atoms with Crippen molar-refractivity contribution in [3.05, 3.63) is 84.7 Å². The quantitative estimate of drug-likeness (QED) is 0.399. The van der Waals surface area contributed by atoms with Gasteiger partial charge in [-0.05, 0) is 55.5 Å². The summed E-state index contributed by atoms with van der Waals surface area (Å²) in [5, 5.41) is 2.85. The highest BCUT2D eigenvalue weighted by atomic mass is 16.5. The Hall–Kier alpha value is -3.34. The molecule has 2 aromatic rings. The maximum absolute atomic E-state index is 11.1. The molecular weight excluding hydrogens is 376 g/mol. The van der Waals surface area contributed by atoms with E-state index in [4.69, 9.17) is 4.74 Å². The molecule has 0 fully saturated rings. The number of methoxy groups -OCH3 is 1. The first-order valence-corrected chi connectivity index (χ1v) is 9.80. The van der Waals surface area contributed by atoms with E-state index in [-0.39, 0.29) is 5.97 Å². The lowest BCUT2D eigenvalue weighted by Gasteiger charge is -2.18. The van der Waals surface area contributed by atoms with Crippen LogP contribution in [0.5, 0.6) is 5.75 Å². The smallest absolute Gasteiger partial charge is 0.340 e. The van der Waals surface area contributed by atoms with Crippen LogP contribution in [0.1, 0.15) is 41.8 Å². The standard InChI is InChI=1S/C15H18O.C8H10N2O2.C2H4/c1-4-14(11(2)3)13-8-7-12-6-5-9-16-15(12)10-13;1-9-7-5-10-4-3-6(7)8(11)12-2;1-2/h4,7-8,10H,2,5-6,9H2,1,3H3;3-5,9H,1-2H3;1-2H2/b14-4+;;. The lowest BCUT2D eigenvalue weighted by molar-refractivity contribution is 0.0601. The van der Waals surface area contributed by atoms with Crippen LogP contribution in [0.2, 0.25) is 0 Å². The van der Waals surface area contributed by atoms with Crippen LogP contribution in [-0.2, 0) is 11.2 Å². The lowest BCUT2D eigenvalue weighted by atomic mass is 9.96. The molecule has 0 spiro atoms. The molecule has 1 aliphatic rings. The number of fused-ring (bicyclic) bond motifs is 1. The average Bonchev–Trinajstić information content (AvgIpc) is 2.80. The molecule has 0 atom stereocenters. The van der Waals surface area contributed by atoms with Gasteiger partial charge in [0.2, 0.25) is 0 Å². The Morgan fingerprint density at radius 2 is 2.03 bits per heavy atom. The first kappa shape index (κ1) is 24.7. The van der Waals surface area contributed by atoms with Crippen molar-refractivity contribution >= 4 is 17.2 Å². The first-order chi connectivity index (χ1) is 14.5. The van der Waals surface area contributed by atoms with E-state index in [0.717, 1.165) is 30.8 Å². The number of benzene rings is 1. The molecule has 1 aromatic heterocycles. The third-order valence-electron chi connectivity index (χ3n) is 4.47. The highest BCUT2D eigenvalue weighted by molar-refractivity contribution is 5.95. The predicted molar refractivity (Wildman–Crippen MR) is 125 cm³/mol. The number of esters is 1. The molecule has 2 heterocycles. The Bertz CT molecular complexity index is 888. The van der Waals surface area contributed by atoms with Crippen LogP contribution in [0.4, 0.5) is 5.69 Å². The summed E-state index contributed by atoms with van der Waals surface area (Å²) in [6.45, 7) is 14.9. The summed E-state index contributed by atoms with van der Waals surface area (Å²) in [7, 11) is 3.08. The van der Waals surface area contributed by atoms with Gasteiger partial charge in [0.25, 0.3) is 0 Å². The number of hydrogen-bond acceptors (Lipinski definition) is 5. The molecule has 0 amide bonds. The molecule has 5 heteroatoms. The van der Waals surface area contributed by atoms with E-state index in [1.165, 1.54) is 23.8 Å². The first-order valence-electron chi connectivity index (χ1n) is 9.80. The van der Waals surface area contributed by atoms with E-state index in [9.17, 15) is 4.79 Å². The number of carbonyl (C=O) groups is 1. The second-order valence-electron chi connectivity index (χ2n) is 6.42. The van der Waals surface area contributed by atoms with Gasteiger partial charge >= 0.3 is 5.97 Å². The van der Waals surface area contributed by atoms with Crippen molar-refractivity contribution in [2.45, 2.75) is 26.7 Å². The molecule has 30 heavy (non-hydrogen) atoms. The zero-order valence-corrected chi connectivity index (χ0v) is 18.5. The summed E-state index contributed by atoms with van der Waals surface area (Å²) >= 11 is 0. The number of ether oxygens (including phenoxy) is 2. The number of hydrogen-bond donors (Lipinski definition) is 1. The minimum absolute atomic E-state index is 0.359. The predicted octanol–water partition coefficient (Wildman–Crippen LogP) is 5.70. The molecular formula is C25H32N2O3. The van der Waals surface area contributed by atoms with Gasteiger partial charge in [0.1, 0.15) is 5.75 Å². The zero-order chi connectivity index (χ0) is 22.5. The van der Waals surface area contributed by atoms with Gasteiger partial charge in [-0.1, -0.05) is 30.4 Å². The maximum Gasteiger partial charge on any atom is 0.340 e. The molecule has 160 valence electrons. The summed E-state index contributed by atoms with van der Waals surface area (Å²) in [4.78, 5) is 15.0. The molecule has 1 aromatic carbocycles. The summed E-state index contributed by atoms with van der Waals surface area (Å²) in [6.07, 6.45) is 7.49. The average molecular weight is 409 g/mol. The van der Waals surface area contributed by atoms with Crippen LogP contribution in [0.25, 0.3) is 5.57 Å². The number of rotatable bonds is 4. The molecule has 0 unspecified atom stereocenters. The summed E-state index contributed by atoms with van der Waals surface area (Å²) in [5.41, 5.74) is 6.00. The molecule has 1 N–H and O–H groups in total. The molecule has 5 nitrogen and oxygen atoms in total. The Balaban J connectivity index is 0.000000287. The van der Waals surface area contributed by atoms with Crippen molar-refractivity contribution in [1.29, 1.82) is 0 Å². The van der Waals surface area contributed by atoms with Crippen molar-refractivity contribution in [3.8, 4) is 5.75 Å². The Labute approximate surface area is 180 Å². The summed E-state index contributed by atoms with van der Waals surface area (Å²) in [6, 6.07) is 8.09. The fourth-order valence-corrected chi connectivity index (χ4v) is 3.05. The van der Waals surface area contributed by atoms with Crippen LogP contribution in [0.3, 0.4) is 0 Å². The SMILES string of the molecule is C=C.C=C(C)/C(=C\C)c1ccc2c(c1)OCCC2.CNc1cnccc1C(=O)OC. The van der Waals surface area contributed by atoms with Gasteiger partial charge in [0, 0.05) is 13.2 Å². The van der Waals surface area contributed by atoms with Gasteiger partial charge in [0.05, 0.1) is 31.2 Å². The topological polar surface area (TPSA) is 60.5 Å². The second-order valence-corrected chi connectivity index (χ2v) is 6.42. The Kier molecular flexibility index (Phi) is 10.7. The highest BCUT2D eigenvalue weighted by Crippen LogP contribution is 2.30. The number of anilines is 1. The van der Waals surface area contributed by atoms with E-state index in [1.807, 2.05) is 13.8 Å². The van der Waals surface area contributed by atoms with E-state index in [1.54, 1.807) is 25.5 Å². The fourth-order valence-electron chi connectivity index (χ4n) is 3.05. The van der Waals surface area contributed by atoms with Crippen molar-refractivity contribution < 1.29 is 14.3 Å². The number of pyridine rings is 1. The van der Waals surface area contributed by atoms with Crippen molar-refractivity contribution in [2.75, 3.05) is 26.1 Å². The largest absolute Gasteiger partial charge is 0.493 e. The molecule has 0 bridgehead atoms. The van der Waals surface area contributed by atoms with Crippen LogP contribution < -0.4 is 10.1 Å². The fraction of sp³-hybridized carbons (Fsp3) is 0.280. The minimum Gasteiger partial charge on any atom is -0.493 e. The van der Waals surface area contributed by atoms with E-state index >= 15 is 0 Å². The van der Waals surface area contributed by atoms with Gasteiger partial charge in [-0.2, -0.15) is 0 Å². The maximum atomic E-state index is 11.1. The van der Waals surface area contributed by atoms with Crippen molar-refractivity contribution in [1.82, 2.24) is 4.98 Å². The number of nitrogens with zero attached hydrogens (tertiary/aromatic N) is 1. The van der Waals surface area contributed by atoms with Crippen LogP contribution in [-0.4, -0.2) is 31.7 Å². The van der Waals surface area contributed by atoms with Gasteiger partial charge < -0.3 is 14.8 Å². The van der Waals surface area contributed by atoms with Crippen molar-refractivity contribution in [2.24, 2.45) is 0 Å². The number of nitrogens with one attached hydrogen (secondary N) is 1. The third-order valence-corrected chi connectivity index (χ3v) is 4.47. The van der Waals surface area contributed by atoms with Crippen LogP contribution >= 0.6 is 0 Å². The van der Waals surface area contributed by atoms with Crippen LogP contribution in [0, 0.1) is 0 Å². The Morgan fingerprint density at radius 3 is 2.63 bits per heavy atom. The van der Waals surface area contributed by atoms with E-state index in [0.29, 0.717) is 11.3 Å². The van der Waals surface area contributed by atoms with Gasteiger partial charge in [-0.25, -0.2) is 4.79 Å². The molecule has 0 saturated carbocycles. The second kappa shape index (κ2) is 13.0. The van der Waals surface area contributed by atoms with E-state index in [2.05, 4.69) is 59.0 Å². The van der Waals surface area contributed by atoms with Crippen molar-refractivity contribution in [3.63, 3.8) is 0 Å². The molecule has 0 aliphatic carbocycles. The summed E-state index contributed by atoms with van der Waals surface area (Å²) < 4.78 is 10.3. The van der Waals surface area contributed by atoms with E-state index < -0.39 is 0 Å². The Morgan fingerprint density at radius 1 is 1.30 bits per heavy atom.